The molecular weight excluding hydrogens is 270 g/mol. The van der Waals surface area contributed by atoms with E-state index in [1.807, 2.05) is 0 Å². The lowest BCUT2D eigenvalue weighted by Gasteiger charge is -2.35. The predicted molar refractivity (Wildman–Crippen MR) is 92.3 cm³/mol. The Morgan fingerprint density at radius 1 is 1.05 bits per heavy atom. The van der Waals surface area contributed by atoms with Crippen LogP contribution in [0.15, 0.2) is 18.2 Å². The average molecular weight is 301 g/mol. The molecule has 122 valence electrons. The van der Waals surface area contributed by atoms with Gasteiger partial charge in [0.25, 0.3) is 0 Å². The number of methoxy groups -OCH3 is 1. The molecule has 2 aliphatic rings. The van der Waals surface area contributed by atoms with Crippen molar-refractivity contribution in [2.75, 3.05) is 7.11 Å². The molecular formula is C20H31NO. The lowest BCUT2D eigenvalue weighted by molar-refractivity contribution is 0.300. The fraction of sp³-hybridized carbons (Fsp3) is 0.700. The fourth-order valence-corrected chi connectivity index (χ4v) is 4.41. The number of rotatable bonds is 3. The van der Waals surface area contributed by atoms with E-state index in [0.29, 0.717) is 5.92 Å². The van der Waals surface area contributed by atoms with Gasteiger partial charge >= 0.3 is 0 Å². The maximum atomic E-state index is 6.75. The van der Waals surface area contributed by atoms with Crippen LogP contribution >= 0.6 is 0 Å². The van der Waals surface area contributed by atoms with E-state index in [2.05, 4.69) is 25.1 Å². The minimum atomic E-state index is -0.110. The summed E-state index contributed by atoms with van der Waals surface area (Å²) in [5.74, 6) is 2.59. The van der Waals surface area contributed by atoms with Gasteiger partial charge in [-0.15, -0.1) is 0 Å². The highest BCUT2D eigenvalue weighted by Gasteiger charge is 2.31. The van der Waals surface area contributed by atoms with Crippen molar-refractivity contribution in [1.82, 2.24) is 0 Å². The van der Waals surface area contributed by atoms with E-state index in [4.69, 9.17) is 10.5 Å². The Kier molecular flexibility index (Phi) is 4.77. The maximum Gasteiger partial charge on any atom is 0.122 e. The highest BCUT2D eigenvalue weighted by atomic mass is 16.5. The SMILES string of the molecule is COc1ccc(C2(N)CCCCC2)cc1C1CCC(C)CC1. The van der Waals surface area contributed by atoms with Gasteiger partial charge in [-0.2, -0.15) is 0 Å². The topological polar surface area (TPSA) is 35.2 Å². The molecule has 3 rings (SSSR count). The molecule has 2 aliphatic carbocycles. The van der Waals surface area contributed by atoms with Crippen LogP contribution in [0.5, 0.6) is 5.75 Å². The van der Waals surface area contributed by atoms with Crippen LogP contribution in [0.1, 0.15) is 81.8 Å². The second-order valence-electron chi connectivity index (χ2n) is 7.63. The van der Waals surface area contributed by atoms with E-state index < -0.39 is 0 Å². The lowest BCUT2D eigenvalue weighted by Crippen LogP contribution is -2.38. The van der Waals surface area contributed by atoms with E-state index in [0.717, 1.165) is 24.5 Å². The van der Waals surface area contributed by atoms with Crippen LogP contribution in [-0.4, -0.2) is 7.11 Å². The highest BCUT2D eigenvalue weighted by molar-refractivity contribution is 5.42. The Hall–Kier alpha value is -1.02. The van der Waals surface area contributed by atoms with E-state index in [1.165, 1.54) is 56.1 Å². The first-order valence-corrected chi connectivity index (χ1v) is 9.10. The highest BCUT2D eigenvalue weighted by Crippen LogP contribution is 2.42. The molecule has 0 unspecified atom stereocenters. The Morgan fingerprint density at radius 3 is 2.36 bits per heavy atom. The van der Waals surface area contributed by atoms with Gasteiger partial charge in [-0.1, -0.05) is 45.1 Å². The third-order valence-electron chi connectivity index (χ3n) is 6.01. The summed E-state index contributed by atoms with van der Waals surface area (Å²) in [5, 5.41) is 0. The minimum Gasteiger partial charge on any atom is -0.496 e. The molecule has 0 atom stereocenters. The largest absolute Gasteiger partial charge is 0.496 e. The van der Waals surface area contributed by atoms with Crippen LogP contribution in [0, 0.1) is 5.92 Å². The first-order chi connectivity index (χ1) is 10.6. The number of hydrogen-bond acceptors (Lipinski definition) is 2. The van der Waals surface area contributed by atoms with Crippen molar-refractivity contribution in [3.05, 3.63) is 29.3 Å². The van der Waals surface area contributed by atoms with Crippen molar-refractivity contribution >= 4 is 0 Å². The van der Waals surface area contributed by atoms with Gasteiger partial charge in [0.15, 0.2) is 0 Å². The second kappa shape index (κ2) is 6.62. The number of benzene rings is 1. The lowest BCUT2D eigenvalue weighted by atomic mass is 9.74. The van der Waals surface area contributed by atoms with E-state index >= 15 is 0 Å². The molecule has 2 fully saturated rings. The van der Waals surface area contributed by atoms with E-state index in [9.17, 15) is 0 Å². The standard InChI is InChI=1S/C20H31NO/c1-15-6-8-16(9-7-15)18-14-17(10-11-19(18)22-2)20(21)12-4-3-5-13-20/h10-11,14-16H,3-9,12-13,21H2,1-2H3. The second-order valence-corrected chi connectivity index (χ2v) is 7.63. The molecule has 2 saturated carbocycles. The van der Waals surface area contributed by atoms with Gasteiger partial charge in [0, 0.05) is 5.54 Å². The molecule has 2 heteroatoms. The summed E-state index contributed by atoms with van der Waals surface area (Å²) >= 11 is 0. The third-order valence-corrected chi connectivity index (χ3v) is 6.01. The number of hydrogen-bond donors (Lipinski definition) is 1. The predicted octanol–water partition coefficient (Wildman–Crippen LogP) is 5.11. The van der Waals surface area contributed by atoms with Crippen LogP contribution in [0.2, 0.25) is 0 Å². The Labute approximate surface area is 135 Å². The first-order valence-electron chi connectivity index (χ1n) is 9.10. The number of nitrogens with two attached hydrogens (primary N) is 1. The average Bonchev–Trinajstić information content (AvgIpc) is 2.56. The summed E-state index contributed by atoms with van der Waals surface area (Å²) in [6, 6.07) is 6.75. The van der Waals surface area contributed by atoms with Crippen molar-refractivity contribution in [2.24, 2.45) is 11.7 Å². The molecule has 0 saturated heterocycles. The molecule has 0 bridgehead atoms. The van der Waals surface area contributed by atoms with Gasteiger partial charge in [0.05, 0.1) is 7.11 Å². The van der Waals surface area contributed by atoms with Gasteiger partial charge in [0.2, 0.25) is 0 Å². The van der Waals surface area contributed by atoms with E-state index in [1.54, 1.807) is 7.11 Å². The van der Waals surface area contributed by atoms with Gasteiger partial charge < -0.3 is 10.5 Å². The van der Waals surface area contributed by atoms with Gasteiger partial charge in [-0.25, -0.2) is 0 Å². The molecule has 0 aromatic heterocycles. The minimum absolute atomic E-state index is 0.110. The molecule has 1 aromatic rings. The van der Waals surface area contributed by atoms with Crippen molar-refractivity contribution < 1.29 is 4.74 Å². The molecule has 2 N–H and O–H groups in total. The van der Waals surface area contributed by atoms with E-state index in [-0.39, 0.29) is 5.54 Å². The zero-order chi connectivity index (χ0) is 15.6. The van der Waals surface area contributed by atoms with Crippen LogP contribution < -0.4 is 10.5 Å². The summed E-state index contributed by atoms with van der Waals surface area (Å²) in [4.78, 5) is 0. The fourth-order valence-electron chi connectivity index (χ4n) is 4.41. The summed E-state index contributed by atoms with van der Waals surface area (Å²) < 4.78 is 5.66. The van der Waals surface area contributed by atoms with Gasteiger partial charge in [-0.3, -0.25) is 0 Å². The molecule has 0 radical (unpaired) electrons. The summed E-state index contributed by atoms with van der Waals surface area (Å²) in [7, 11) is 1.79. The van der Waals surface area contributed by atoms with Gasteiger partial charge in [0.1, 0.15) is 5.75 Å². The first kappa shape index (κ1) is 15.9. The molecule has 0 amide bonds. The molecule has 1 aromatic carbocycles. The van der Waals surface area contributed by atoms with Crippen LogP contribution in [0.25, 0.3) is 0 Å². The normalized spacial score (nSPS) is 28.3. The van der Waals surface area contributed by atoms with Crippen LogP contribution in [0.3, 0.4) is 0 Å². The molecule has 2 nitrogen and oxygen atoms in total. The molecule has 0 spiro atoms. The van der Waals surface area contributed by atoms with Gasteiger partial charge in [-0.05, 0) is 60.8 Å². The van der Waals surface area contributed by atoms with Crippen LogP contribution in [0.4, 0.5) is 0 Å². The Bertz CT molecular complexity index is 496. The van der Waals surface area contributed by atoms with Crippen molar-refractivity contribution in [1.29, 1.82) is 0 Å². The third kappa shape index (κ3) is 3.17. The summed E-state index contributed by atoms with van der Waals surface area (Å²) in [6.45, 7) is 2.38. The number of ether oxygens (including phenoxy) is 1. The quantitative estimate of drug-likeness (QED) is 0.842. The van der Waals surface area contributed by atoms with Crippen molar-refractivity contribution in [3.8, 4) is 5.75 Å². The Balaban J connectivity index is 1.89. The monoisotopic (exact) mass is 301 g/mol. The van der Waals surface area contributed by atoms with Crippen molar-refractivity contribution in [2.45, 2.75) is 76.2 Å². The smallest absolute Gasteiger partial charge is 0.122 e. The summed E-state index contributed by atoms with van der Waals surface area (Å²) in [5.41, 5.74) is 9.38. The Morgan fingerprint density at radius 2 is 1.73 bits per heavy atom. The molecule has 0 heterocycles. The molecule has 0 aliphatic heterocycles. The zero-order valence-electron chi connectivity index (χ0n) is 14.2. The molecule has 22 heavy (non-hydrogen) atoms. The van der Waals surface area contributed by atoms with Crippen LogP contribution in [-0.2, 0) is 5.54 Å². The maximum absolute atomic E-state index is 6.75. The zero-order valence-corrected chi connectivity index (χ0v) is 14.2. The van der Waals surface area contributed by atoms with Crippen molar-refractivity contribution in [3.63, 3.8) is 0 Å². The summed E-state index contributed by atoms with van der Waals surface area (Å²) in [6.07, 6.45) is 11.4.